The highest BCUT2D eigenvalue weighted by Crippen LogP contribution is 2.41. The van der Waals surface area contributed by atoms with E-state index in [4.69, 9.17) is 10.7 Å². The Bertz CT molecular complexity index is 1260. The Kier molecular flexibility index (Phi) is 6.22. The molecule has 1 saturated carbocycles. The smallest absolute Gasteiger partial charge is 0.251 e. The number of carbonyl (C=O) groups excluding carboxylic acids is 1. The normalized spacial score (nSPS) is 15.0. The number of sulfonamides is 1. The minimum atomic E-state index is -3.44. The number of benzene rings is 1. The molecular formula is C23H28N4O3S2. The van der Waals surface area contributed by atoms with E-state index in [1.54, 1.807) is 37.7 Å². The molecule has 0 saturated heterocycles. The average Bonchev–Trinajstić information content (AvgIpc) is 3.39. The van der Waals surface area contributed by atoms with Crippen LogP contribution in [0.3, 0.4) is 0 Å². The number of hydrogen-bond donors (Lipinski definition) is 2. The van der Waals surface area contributed by atoms with Crippen LogP contribution in [0.2, 0.25) is 0 Å². The molecule has 0 bridgehead atoms. The van der Waals surface area contributed by atoms with Crippen molar-refractivity contribution in [1.29, 1.82) is 0 Å². The van der Waals surface area contributed by atoms with Gasteiger partial charge in [0.15, 0.2) is 0 Å². The Labute approximate surface area is 192 Å². The summed E-state index contributed by atoms with van der Waals surface area (Å²) in [5.74, 6) is -0.494. The molecule has 2 aromatic heterocycles. The summed E-state index contributed by atoms with van der Waals surface area (Å²) in [4.78, 5) is 18.3. The van der Waals surface area contributed by atoms with Crippen LogP contribution < -0.4 is 10.5 Å². The number of fused-ring (bicyclic) bond motifs is 1. The number of anilines is 1. The minimum Gasteiger partial charge on any atom is -0.366 e. The van der Waals surface area contributed by atoms with Crippen LogP contribution in [-0.2, 0) is 10.0 Å². The molecule has 0 spiro atoms. The summed E-state index contributed by atoms with van der Waals surface area (Å²) in [6.45, 7) is 3.26. The van der Waals surface area contributed by atoms with E-state index in [1.807, 2.05) is 30.7 Å². The summed E-state index contributed by atoms with van der Waals surface area (Å²) in [5, 5.41) is 0.223. The standard InChI is InChI=1S/C23H28N4O3S2/c1-14(2)32(29,30)26-16-10-8-15(9-11-16)21-20(22(24)28)19-12-18(31-3)13-25-23(19)27(21)17-6-4-5-7-17/h8-14,17,26H,4-7H2,1-3H3,(H2,24,28). The molecule has 3 N–H and O–H groups in total. The minimum absolute atomic E-state index is 0.243. The summed E-state index contributed by atoms with van der Waals surface area (Å²) in [6.07, 6.45) is 8.11. The molecule has 0 aliphatic heterocycles. The molecule has 2 heterocycles. The Hall–Kier alpha value is -2.52. The second kappa shape index (κ2) is 8.78. The topological polar surface area (TPSA) is 107 Å². The van der Waals surface area contributed by atoms with Crippen molar-refractivity contribution < 1.29 is 13.2 Å². The second-order valence-electron chi connectivity index (χ2n) is 8.42. The number of hydrogen-bond acceptors (Lipinski definition) is 5. The lowest BCUT2D eigenvalue weighted by atomic mass is 10.0. The molecule has 7 nitrogen and oxygen atoms in total. The third kappa shape index (κ3) is 4.11. The van der Waals surface area contributed by atoms with E-state index in [9.17, 15) is 13.2 Å². The monoisotopic (exact) mass is 472 g/mol. The van der Waals surface area contributed by atoms with Gasteiger partial charge in [-0.05, 0) is 56.7 Å². The molecule has 4 rings (SSSR count). The molecule has 0 unspecified atom stereocenters. The molecule has 170 valence electrons. The maximum absolute atomic E-state index is 12.6. The van der Waals surface area contributed by atoms with Gasteiger partial charge in [0, 0.05) is 28.2 Å². The number of thioether (sulfide) groups is 1. The molecule has 0 atom stereocenters. The fourth-order valence-corrected chi connectivity index (χ4v) is 5.40. The fourth-order valence-electron chi connectivity index (χ4n) is 4.31. The zero-order chi connectivity index (χ0) is 23.0. The molecule has 9 heteroatoms. The number of amides is 1. The van der Waals surface area contributed by atoms with E-state index >= 15 is 0 Å². The lowest BCUT2D eigenvalue weighted by molar-refractivity contribution is 0.100. The molecule has 3 aromatic rings. The summed E-state index contributed by atoms with van der Waals surface area (Å²) in [7, 11) is -3.44. The molecule has 1 aliphatic rings. The van der Waals surface area contributed by atoms with Crippen molar-refractivity contribution in [2.75, 3.05) is 11.0 Å². The summed E-state index contributed by atoms with van der Waals surface area (Å²) < 4.78 is 29.2. The number of nitrogens with two attached hydrogens (primary N) is 1. The van der Waals surface area contributed by atoms with E-state index in [1.165, 1.54) is 0 Å². The van der Waals surface area contributed by atoms with E-state index in [0.29, 0.717) is 11.3 Å². The summed E-state index contributed by atoms with van der Waals surface area (Å²) >= 11 is 1.57. The first-order chi connectivity index (χ1) is 15.2. The van der Waals surface area contributed by atoms with Gasteiger partial charge in [-0.1, -0.05) is 25.0 Å². The summed E-state index contributed by atoms with van der Waals surface area (Å²) in [5.41, 5.74) is 9.16. The third-order valence-electron chi connectivity index (χ3n) is 6.03. The number of primary amides is 1. The maximum atomic E-state index is 12.6. The van der Waals surface area contributed by atoms with Gasteiger partial charge in [0.2, 0.25) is 10.0 Å². The first-order valence-electron chi connectivity index (χ1n) is 10.7. The molecule has 0 radical (unpaired) electrons. The van der Waals surface area contributed by atoms with Gasteiger partial charge in [-0.3, -0.25) is 9.52 Å². The lowest BCUT2D eigenvalue weighted by Gasteiger charge is -2.18. The number of rotatable bonds is 7. The first kappa shape index (κ1) is 22.7. The number of nitrogens with one attached hydrogen (secondary N) is 1. The lowest BCUT2D eigenvalue weighted by Crippen LogP contribution is -2.22. The highest BCUT2D eigenvalue weighted by molar-refractivity contribution is 7.98. The predicted octanol–water partition coefficient (Wildman–Crippen LogP) is 4.79. The highest BCUT2D eigenvalue weighted by Gasteiger charge is 2.29. The van der Waals surface area contributed by atoms with E-state index in [0.717, 1.165) is 52.9 Å². The van der Waals surface area contributed by atoms with Gasteiger partial charge in [-0.25, -0.2) is 13.4 Å². The van der Waals surface area contributed by atoms with Gasteiger partial charge in [-0.15, -0.1) is 11.8 Å². The van der Waals surface area contributed by atoms with Crippen LogP contribution in [-0.4, -0.2) is 35.4 Å². The third-order valence-corrected chi connectivity index (χ3v) is 8.48. The maximum Gasteiger partial charge on any atom is 0.251 e. The van der Waals surface area contributed by atoms with Crippen molar-refractivity contribution in [3.8, 4) is 11.3 Å². The molecule has 1 aliphatic carbocycles. The zero-order valence-corrected chi connectivity index (χ0v) is 20.1. The van der Waals surface area contributed by atoms with E-state index in [2.05, 4.69) is 9.29 Å². The summed E-state index contributed by atoms with van der Waals surface area (Å²) in [6, 6.07) is 9.33. The number of carbonyl (C=O) groups is 1. The SMILES string of the molecule is CSc1cnc2c(c1)c(C(N)=O)c(-c1ccc(NS(=O)(=O)C(C)C)cc1)n2C1CCCC1. The Morgan fingerprint density at radius 1 is 1.22 bits per heavy atom. The van der Waals surface area contributed by atoms with Crippen LogP contribution in [0, 0.1) is 0 Å². The van der Waals surface area contributed by atoms with Crippen LogP contribution >= 0.6 is 11.8 Å². The molecule has 1 aromatic carbocycles. The molecule has 1 amide bonds. The van der Waals surface area contributed by atoms with Crippen molar-refractivity contribution in [2.45, 2.75) is 55.7 Å². The largest absolute Gasteiger partial charge is 0.366 e. The number of pyridine rings is 1. The van der Waals surface area contributed by atoms with E-state index < -0.39 is 21.2 Å². The van der Waals surface area contributed by atoms with Gasteiger partial charge < -0.3 is 10.3 Å². The Morgan fingerprint density at radius 3 is 2.44 bits per heavy atom. The van der Waals surface area contributed by atoms with Crippen molar-refractivity contribution in [3.63, 3.8) is 0 Å². The van der Waals surface area contributed by atoms with Crippen molar-refractivity contribution in [2.24, 2.45) is 5.73 Å². The van der Waals surface area contributed by atoms with Gasteiger partial charge in [0.25, 0.3) is 5.91 Å². The van der Waals surface area contributed by atoms with Gasteiger partial charge in [0.05, 0.1) is 16.5 Å². The van der Waals surface area contributed by atoms with Gasteiger partial charge >= 0.3 is 0 Å². The average molecular weight is 473 g/mol. The van der Waals surface area contributed by atoms with Crippen molar-refractivity contribution in [1.82, 2.24) is 9.55 Å². The predicted molar refractivity (Wildman–Crippen MR) is 131 cm³/mol. The Balaban J connectivity index is 1.90. The molecule has 32 heavy (non-hydrogen) atoms. The Morgan fingerprint density at radius 2 is 1.88 bits per heavy atom. The van der Waals surface area contributed by atoms with Gasteiger partial charge in [-0.2, -0.15) is 0 Å². The number of nitrogens with zero attached hydrogens (tertiary/aromatic N) is 2. The molecule has 1 fully saturated rings. The fraction of sp³-hybridized carbons (Fsp3) is 0.391. The van der Waals surface area contributed by atoms with Crippen LogP contribution in [0.1, 0.15) is 55.9 Å². The van der Waals surface area contributed by atoms with Crippen LogP contribution in [0.4, 0.5) is 5.69 Å². The van der Waals surface area contributed by atoms with Crippen LogP contribution in [0.25, 0.3) is 22.3 Å². The van der Waals surface area contributed by atoms with Gasteiger partial charge in [0.1, 0.15) is 5.65 Å². The van der Waals surface area contributed by atoms with Crippen LogP contribution in [0.5, 0.6) is 0 Å². The van der Waals surface area contributed by atoms with Crippen molar-refractivity contribution in [3.05, 3.63) is 42.1 Å². The quantitative estimate of drug-likeness (QED) is 0.481. The van der Waals surface area contributed by atoms with E-state index in [-0.39, 0.29) is 6.04 Å². The molecular weight excluding hydrogens is 444 g/mol. The number of aromatic nitrogens is 2. The first-order valence-corrected chi connectivity index (χ1v) is 13.5. The zero-order valence-electron chi connectivity index (χ0n) is 18.5. The highest BCUT2D eigenvalue weighted by atomic mass is 32.2. The second-order valence-corrected chi connectivity index (χ2v) is 11.5. The van der Waals surface area contributed by atoms with Crippen LogP contribution in [0.15, 0.2) is 41.4 Å². The van der Waals surface area contributed by atoms with Crippen molar-refractivity contribution >= 4 is 44.4 Å².